The summed E-state index contributed by atoms with van der Waals surface area (Å²) in [6, 6.07) is 11.8. The van der Waals surface area contributed by atoms with Gasteiger partial charge in [0.1, 0.15) is 11.5 Å². The van der Waals surface area contributed by atoms with Crippen LogP contribution in [-0.2, 0) is 10.0 Å². The van der Waals surface area contributed by atoms with Crippen LogP contribution >= 0.6 is 0 Å². The predicted molar refractivity (Wildman–Crippen MR) is 76.6 cm³/mol. The smallest absolute Gasteiger partial charge is 0.269 e. The highest BCUT2D eigenvalue weighted by atomic mass is 32.2. The summed E-state index contributed by atoms with van der Waals surface area (Å²) in [5.74, 6) is -1.11. The molecular formula is C15H12FNO4S. The molecule has 1 aliphatic heterocycles. The topological polar surface area (TPSA) is 63.7 Å². The second-order valence-corrected chi connectivity index (χ2v) is 6.49. The number of sulfonamides is 1. The zero-order valence-electron chi connectivity index (χ0n) is 11.4. The molecule has 0 atom stereocenters. The Morgan fingerprint density at radius 1 is 1.05 bits per heavy atom. The maximum absolute atomic E-state index is 13.4. The van der Waals surface area contributed by atoms with Gasteiger partial charge in [-0.1, -0.05) is 24.3 Å². The number of benzene rings is 2. The third kappa shape index (κ3) is 2.33. The van der Waals surface area contributed by atoms with Crippen molar-refractivity contribution in [2.24, 2.45) is 0 Å². The van der Waals surface area contributed by atoms with Crippen LogP contribution in [0.5, 0.6) is 5.75 Å². The van der Waals surface area contributed by atoms with Crippen molar-refractivity contribution in [3.05, 3.63) is 59.9 Å². The first-order valence-electron chi connectivity index (χ1n) is 6.55. The molecule has 7 heteroatoms. The van der Waals surface area contributed by atoms with Crippen LogP contribution in [-0.4, -0.2) is 31.8 Å². The number of halogens is 1. The summed E-state index contributed by atoms with van der Waals surface area (Å²) in [7, 11) is -3.85. The van der Waals surface area contributed by atoms with Gasteiger partial charge in [0, 0.05) is 0 Å². The second kappa shape index (κ2) is 5.42. The van der Waals surface area contributed by atoms with E-state index in [0.29, 0.717) is 0 Å². The van der Waals surface area contributed by atoms with E-state index in [4.69, 9.17) is 4.74 Å². The number of hydrogen-bond acceptors (Lipinski definition) is 4. The number of ether oxygens (including phenoxy) is 1. The van der Waals surface area contributed by atoms with Crippen molar-refractivity contribution in [2.75, 3.05) is 13.2 Å². The average Bonchev–Trinajstić information content (AvgIpc) is 2.70. The van der Waals surface area contributed by atoms with Gasteiger partial charge < -0.3 is 4.74 Å². The first-order valence-corrected chi connectivity index (χ1v) is 7.99. The van der Waals surface area contributed by atoms with Crippen molar-refractivity contribution in [1.29, 1.82) is 0 Å². The van der Waals surface area contributed by atoms with E-state index < -0.39 is 21.7 Å². The summed E-state index contributed by atoms with van der Waals surface area (Å²) < 4.78 is 43.9. The molecule has 0 bridgehead atoms. The molecule has 3 rings (SSSR count). The SMILES string of the molecule is O=C1c2ccccc2S(=O)(=O)N1CCOc1ccccc1F. The van der Waals surface area contributed by atoms with E-state index in [0.717, 1.165) is 4.31 Å². The fourth-order valence-electron chi connectivity index (χ4n) is 2.25. The lowest BCUT2D eigenvalue weighted by Gasteiger charge is -2.15. The van der Waals surface area contributed by atoms with Gasteiger partial charge in [-0.25, -0.2) is 17.1 Å². The first kappa shape index (κ1) is 14.5. The van der Waals surface area contributed by atoms with Crippen LogP contribution in [0.25, 0.3) is 0 Å². The molecule has 0 aliphatic carbocycles. The van der Waals surface area contributed by atoms with E-state index in [9.17, 15) is 17.6 Å². The number of para-hydroxylation sites is 1. The standard InChI is InChI=1S/C15H12FNO4S/c16-12-6-2-3-7-13(12)21-10-9-17-15(18)11-5-1-4-8-14(11)22(17,19)20/h1-8H,9-10H2. The fraction of sp³-hybridized carbons (Fsp3) is 0.133. The maximum Gasteiger partial charge on any atom is 0.269 e. The summed E-state index contributed by atoms with van der Waals surface area (Å²) in [6.07, 6.45) is 0. The van der Waals surface area contributed by atoms with Crippen LogP contribution in [0, 0.1) is 5.82 Å². The minimum absolute atomic E-state index is 0.00843. The highest BCUT2D eigenvalue weighted by molar-refractivity contribution is 7.90. The van der Waals surface area contributed by atoms with Crippen LogP contribution in [0.4, 0.5) is 4.39 Å². The van der Waals surface area contributed by atoms with E-state index >= 15 is 0 Å². The number of nitrogens with zero attached hydrogens (tertiary/aromatic N) is 1. The molecule has 1 aliphatic rings. The molecule has 2 aromatic carbocycles. The number of hydrogen-bond donors (Lipinski definition) is 0. The van der Waals surface area contributed by atoms with Gasteiger partial charge in [-0.3, -0.25) is 4.79 Å². The quantitative estimate of drug-likeness (QED) is 0.864. The van der Waals surface area contributed by atoms with E-state index in [2.05, 4.69) is 0 Å². The molecule has 0 saturated carbocycles. The highest BCUT2D eigenvalue weighted by Gasteiger charge is 2.40. The predicted octanol–water partition coefficient (Wildman–Crippen LogP) is 2.05. The van der Waals surface area contributed by atoms with Gasteiger partial charge in [0.2, 0.25) is 0 Å². The normalized spacial score (nSPS) is 15.7. The molecule has 0 aromatic heterocycles. The van der Waals surface area contributed by atoms with Crippen molar-refractivity contribution in [3.63, 3.8) is 0 Å². The van der Waals surface area contributed by atoms with Gasteiger partial charge in [0.05, 0.1) is 12.1 Å². The van der Waals surface area contributed by atoms with Crippen molar-refractivity contribution in [3.8, 4) is 5.75 Å². The Morgan fingerprint density at radius 2 is 1.73 bits per heavy atom. The number of carbonyl (C=O) groups is 1. The molecule has 0 saturated heterocycles. The van der Waals surface area contributed by atoms with Crippen molar-refractivity contribution in [2.45, 2.75) is 4.90 Å². The van der Waals surface area contributed by atoms with E-state index in [1.54, 1.807) is 18.2 Å². The number of fused-ring (bicyclic) bond motifs is 1. The van der Waals surface area contributed by atoms with Gasteiger partial charge in [0.25, 0.3) is 15.9 Å². The number of rotatable bonds is 4. The van der Waals surface area contributed by atoms with Gasteiger partial charge in [-0.05, 0) is 24.3 Å². The molecule has 0 radical (unpaired) electrons. The van der Waals surface area contributed by atoms with Gasteiger partial charge in [0.15, 0.2) is 11.6 Å². The summed E-state index contributed by atoms with van der Waals surface area (Å²) in [6.45, 7) is -0.302. The molecule has 0 spiro atoms. The molecule has 1 amide bonds. The Bertz CT molecular complexity index is 835. The Balaban J connectivity index is 1.75. The average molecular weight is 321 g/mol. The third-order valence-corrected chi connectivity index (χ3v) is 5.14. The largest absolute Gasteiger partial charge is 0.489 e. The molecule has 1 heterocycles. The Hall–Kier alpha value is -2.41. The molecule has 0 N–H and O–H groups in total. The van der Waals surface area contributed by atoms with Gasteiger partial charge in [-0.15, -0.1) is 0 Å². The minimum Gasteiger partial charge on any atom is -0.489 e. The van der Waals surface area contributed by atoms with Crippen molar-refractivity contribution in [1.82, 2.24) is 4.31 Å². The number of carbonyl (C=O) groups excluding carboxylic acids is 1. The van der Waals surface area contributed by atoms with E-state index in [1.165, 1.54) is 30.3 Å². The molecule has 0 fully saturated rings. The van der Waals surface area contributed by atoms with E-state index in [1.807, 2.05) is 0 Å². The minimum atomic E-state index is -3.85. The Labute approximate surface area is 127 Å². The monoisotopic (exact) mass is 321 g/mol. The highest BCUT2D eigenvalue weighted by Crippen LogP contribution is 2.29. The lowest BCUT2D eigenvalue weighted by Crippen LogP contribution is -2.33. The maximum atomic E-state index is 13.4. The molecule has 5 nitrogen and oxygen atoms in total. The Morgan fingerprint density at radius 3 is 2.45 bits per heavy atom. The summed E-state index contributed by atoms with van der Waals surface area (Å²) >= 11 is 0. The lowest BCUT2D eigenvalue weighted by atomic mass is 10.2. The van der Waals surface area contributed by atoms with Crippen molar-refractivity contribution < 1.29 is 22.3 Å². The molecule has 22 heavy (non-hydrogen) atoms. The van der Waals surface area contributed by atoms with Crippen molar-refractivity contribution >= 4 is 15.9 Å². The summed E-state index contributed by atoms with van der Waals surface area (Å²) in [5, 5.41) is 0. The van der Waals surface area contributed by atoms with Crippen LogP contribution in [0.3, 0.4) is 0 Å². The van der Waals surface area contributed by atoms with Crippen LogP contribution in [0.2, 0.25) is 0 Å². The zero-order valence-corrected chi connectivity index (χ0v) is 12.2. The molecule has 2 aromatic rings. The zero-order chi connectivity index (χ0) is 15.7. The lowest BCUT2D eigenvalue weighted by molar-refractivity contribution is 0.0856. The first-order chi connectivity index (χ1) is 10.5. The van der Waals surface area contributed by atoms with Crippen LogP contribution < -0.4 is 4.74 Å². The van der Waals surface area contributed by atoms with E-state index in [-0.39, 0.29) is 29.4 Å². The van der Waals surface area contributed by atoms with Gasteiger partial charge >= 0.3 is 0 Å². The summed E-state index contributed by atoms with van der Waals surface area (Å²) in [5.41, 5.74) is 0.147. The Kier molecular flexibility index (Phi) is 3.58. The molecule has 114 valence electrons. The summed E-state index contributed by atoms with van der Waals surface area (Å²) in [4.78, 5) is 12.1. The second-order valence-electron chi connectivity index (χ2n) is 4.66. The van der Waals surface area contributed by atoms with Crippen LogP contribution in [0.1, 0.15) is 10.4 Å². The van der Waals surface area contributed by atoms with Gasteiger partial charge in [-0.2, -0.15) is 0 Å². The fourth-order valence-corrected chi connectivity index (χ4v) is 3.81. The molecule has 0 unspecified atom stereocenters. The third-order valence-electron chi connectivity index (χ3n) is 3.30. The molecular weight excluding hydrogens is 309 g/mol. The van der Waals surface area contributed by atoms with Crippen LogP contribution in [0.15, 0.2) is 53.4 Å². The number of amides is 1.